The number of hydrazine groups is 1. The van der Waals surface area contributed by atoms with E-state index in [-0.39, 0.29) is 11.1 Å². The van der Waals surface area contributed by atoms with Crippen LogP contribution in [0.3, 0.4) is 0 Å². The number of esters is 1. The van der Waals surface area contributed by atoms with Crippen molar-refractivity contribution < 1.29 is 9.53 Å². The van der Waals surface area contributed by atoms with Crippen molar-refractivity contribution in [3.63, 3.8) is 0 Å². The molecule has 1 aliphatic heterocycles. The van der Waals surface area contributed by atoms with Crippen LogP contribution < -0.4 is 16.6 Å². The topological polar surface area (TPSA) is 76.4 Å². The third-order valence-corrected chi connectivity index (χ3v) is 2.70. The molecule has 5 nitrogen and oxygen atoms in total. The van der Waals surface area contributed by atoms with Crippen molar-refractivity contribution in [1.82, 2.24) is 10.9 Å². The number of rotatable bonds is 2. The number of cyclic esters (lactones) is 1. The second-order valence-electron chi connectivity index (χ2n) is 3.89. The molecule has 0 bridgehead atoms. The number of nitrogens with two attached hydrogens (primary N) is 1. The summed E-state index contributed by atoms with van der Waals surface area (Å²) in [5.41, 5.74) is 12.9. The normalized spacial score (nSPS) is 16.4. The van der Waals surface area contributed by atoms with E-state index < -0.39 is 0 Å². The van der Waals surface area contributed by atoms with Crippen LogP contribution in [0.15, 0.2) is 35.7 Å². The van der Waals surface area contributed by atoms with Gasteiger partial charge in [-0.25, -0.2) is 4.79 Å². The lowest BCUT2D eigenvalue weighted by Gasteiger charge is -2.20. The van der Waals surface area contributed by atoms with E-state index in [4.69, 9.17) is 10.5 Å². The average Bonchev–Trinajstić information content (AvgIpc) is 2.36. The fraction of sp³-hybridized carbons (Fsp3) is 0.167. The summed E-state index contributed by atoms with van der Waals surface area (Å²) in [6, 6.07) is 7.37. The zero-order valence-electron chi connectivity index (χ0n) is 9.82. The molecule has 0 aliphatic carbocycles. The van der Waals surface area contributed by atoms with Crippen LogP contribution in [0.4, 0.5) is 0 Å². The van der Waals surface area contributed by atoms with Gasteiger partial charge in [-0.1, -0.05) is 18.2 Å². The molecule has 1 aliphatic rings. The molecule has 18 heavy (non-hydrogen) atoms. The minimum Gasteiger partial charge on any atom is -0.425 e. The lowest BCUT2D eigenvalue weighted by Crippen LogP contribution is -2.40. The molecule has 1 heterocycles. The smallest absolute Gasteiger partial charge is 0.343 e. The number of hydrogen-bond acceptors (Lipinski definition) is 4. The summed E-state index contributed by atoms with van der Waals surface area (Å²) < 4.78 is 5.26. The van der Waals surface area contributed by atoms with Crippen LogP contribution in [0.25, 0.3) is 0 Å². The fourth-order valence-corrected chi connectivity index (χ4v) is 1.73. The molecule has 0 aromatic heterocycles. The quantitative estimate of drug-likeness (QED) is 0.419. The molecule has 0 amide bonds. The highest BCUT2D eigenvalue weighted by Gasteiger charge is 2.23. The highest BCUT2D eigenvalue weighted by atomic mass is 32.1. The van der Waals surface area contributed by atoms with Gasteiger partial charge in [0.2, 0.25) is 0 Å². The van der Waals surface area contributed by atoms with Crippen LogP contribution >= 0.6 is 12.2 Å². The van der Waals surface area contributed by atoms with Crippen LogP contribution in [0, 0.1) is 0 Å². The van der Waals surface area contributed by atoms with Crippen LogP contribution in [-0.4, -0.2) is 11.1 Å². The first-order valence-electron chi connectivity index (χ1n) is 5.39. The van der Waals surface area contributed by atoms with Crippen molar-refractivity contribution in [3.05, 3.63) is 46.8 Å². The van der Waals surface area contributed by atoms with E-state index in [2.05, 4.69) is 23.1 Å². The lowest BCUT2D eigenvalue weighted by molar-refractivity contribution is 0.0592. The maximum Gasteiger partial charge on any atom is 0.343 e. The van der Waals surface area contributed by atoms with Crippen molar-refractivity contribution in [1.29, 1.82) is 0 Å². The van der Waals surface area contributed by atoms with Gasteiger partial charge in [-0.2, -0.15) is 0 Å². The molecule has 0 spiro atoms. The molecule has 0 saturated heterocycles. The largest absolute Gasteiger partial charge is 0.425 e. The van der Waals surface area contributed by atoms with Crippen molar-refractivity contribution in [2.24, 2.45) is 5.73 Å². The molecule has 94 valence electrons. The number of nitrogens with one attached hydrogen (secondary N) is 2. The molecule has 1 aromatic carbocycles. The first-order chi connectivity index (χ1) is 8.58. The number of benzene rings is 1. The Morgan fingerprint density at radius 2 is 2.11 bits per heavy atom. The zero-order chi connectivity index (χ0) is 13.1. The first-order valence-corrected chi connectivity index (χ1v) is 5.80. The Hall–Kier alpha value is -2.08. The van der Waals surface area contributed by atoms with E-state index in [0.29, 0.717) is 23.4 Å². The van der Waals surface area contributed by atoms with Gasteiger partial charge in [0.1, 0.15) is 5.76 Å². The molecule has 2 rings (SSSR count). The van der Waals surface area contributed by atoms with Crippen molar-refractivity contribution in [2.45, 2.75) is 13.3 Å². The van der Waals surface area contributed by atoms with Crippen LogP contribution in [0.5, 0.6) is 0 Å². The van der Waals surface area contributed by atoms with Gasteiger partial charge >= 0.3 is 5.97 Å². The van der Waals surface area contributed by atoms with Crippen molar-refractivity contribution in [3.8, 4) is 0 Å². The Balaban J connectivity index is 2.22. The number of fused-ring (bicyclic) bond motifs is 1. The third kappa shape index (κ3) is 2.60. The number of ether oxygens (including phenoxy) is 1. The van der Waals surface area contributed by atoms with Gasteiger partial charge in [-0.05, 0) is 30.8 Å². The van der Waals surface area contributed by atoms with Gasteiger partial charge in [0.25, 0.3) is 0 Å². The van der Waals surface area contributed by atoms with Gasteiger partial charge in [0, 0.05) is 6.42 Å². The summed E-state index contributed by atoms with van der Waals surface area (Å²) in [5.74, 6) is 0.214. The number of hydrogen-bond donors (Lipinski definition) is 3. The Kier molecular flexibility index (Phi) is 3.47. The summed E-state index contributed by atoms with van der Waals surface area (Å²) in [6.07, 6.45) is 0.555. The second-order valence-corrected chi connectivity index (χ2v) is 4.33. The van der Waals surface area contributed by atoms with Gasteiger partial charge in [-0.15, -0.1) is 0 Å². The van der Waals surface area contributed by atoms with E-state index in [9.17, 15) is 4.79 Å². The van der Waals surface area contributed by atoms with Crippen LogP contribution in [0.2, 0.25) is 0 Å². The third-order valence-electron chi connectivity index (χ3n) is 2.60. The summed E-state index contributed by atoms with van der Waals surface area (Å²) in [5, 5.41) is 0.123. The van der Waals surface area contributed by atoms with Gasteiger partial charge in [-0.3, -0.25) is 5.43 Å². The molecule has 0 saturated carbocycles. The minimum absolute atomic E-state index is 0.123. The van der Waals surface area contributed by atoms with E-state index in [1.54, 1.807) is 13.0 Å². The molecular weight excluding hydrogens is 250 g/mol. The van der Waals surface area contributed by atoms with E-state index >= 15 is 0 Å². The Bertz CT molecular complexity index is 540. The van der Waals surface area contributed by atoms with Gasteiger partial charge < -0.3 is 15.9 Å². The van der Waals surface area contributed by atoms with Gasteiger partial charge in [0.05, 0.1) is 11.3 Å². The summed E-state index contributed by atoms with van der Waals surface area (Å²) in [7, 11) is 0. The maximum absolute atomic E-state index is 11.8. The standard InChI is InChI=1S/C12H13N3O2S/c1-7(14-15-12(13)18)10-6-8-4-2-3-5-9(8)11(16)17-10/h2-5,14H,6H2,1H3,(H3,13,15,18)/b10-7-. The number of carbonyl (C=O) groups excluding carboxylic acids is 1. The Morgan fingerprint density at radius 1 is 1.39 bits per heavy atom. The maximum atomic E-state index is 11.8. The number of thiocarbonyl (C=S) groups is 1. The predicted octanol–water partition coefficient (Wildman–Crippen LogP) is 0.969. The monoisotopic (exact) mass is 263 g/mol. The number of carbonyl (C=O) groups is 1. The summed E-state index contributed by atoms with van der Waals surface area (Å²) in [6.45, 7) is 1.78. The molecule has 0 atom stereocenters. The van der Waals surface area contributed by atoms with E-state index in [1.807, 2.05) is 18.2 Å². The van der Waals surface area contributed by atoms with Crippen LogP contribution in [0.1, 0.15) is 22.8 Å². The van der Waals surface area contributed by atoms with Crippen molar-refractivity contribution in [2.75, 3.05) is 0 Å². The molecule has 1 aromatic rings. The van der Waals surface area contributed by atoms with Crippen LogP contribution in [-0.2, 0) is 11.2 Å². The molecule has 0 radical (unpaired) electrons. The lowest BCUT2D eigenvalue weighted by atomic mass is 10.0. The Morgan fingerprint density at radius 3 is 2.83 bits per heavy atom. The molecule has 4 N–H and O–H groups in total. The van der Waals surface area contributed by atoms with Gasteiger partial charge in [0.15, 0.2) is 5.11 Å². The Labute approximate surface area is 110 Å². The molecule has 6 heteroatoms. The molecule has 0 fully saturated rings. The minimum atomic E-state index is -0.344. The zero-order valence-corrected chi connectivity index (χ0v) is 10.6. The highest BCUT2D eigenvalue weighted by molar-refractivity contribution is 7.80. The molecular formula is C12H13N3O2S. The first kappa shape index (κ1) is 12.4. The predicted molar refractivity (Wildman–Crippen MR) is 71.3 cm³/mol. The second kappa shape index (κ2) is 5.05. The number of allylic oxidation sites excluding steroid dienone is 2. The molecule has 0 unspecified atom stereocenters. The summed E-state index contributed by atoms with van der Waals surface area (Å²) >= 11 is 4.68. The van der Waals surface area contributed by atoms with Crippen molar-refractivity contribution >= 4 is 23.3 Å². The SMILES string of the molecule is C/C(NNC(N)=S)=C1\Cc2ccccc2C(=O)O1. The summed E-state index contributed by atoms with van der Waals surface area (Å²) in [4.78, 5) is 11.8. The van der Waals surface area contributed by atoms with E-state index in [1.165, 1.54) is 0 Å². The highest BCUT2D eigenvalue weighted by Crippen LogP contribution is 2.23. The fourth-order valence-electron chi connectivity index (χ4n) is 1.68. The average molecular weight is 263 g/mol. The van der Waals surface area contributed by atoms with E-state index in [0.717, 1.165) is 5.56 Å².